The fourth-order valence-electron chi connectivity index (χ4n) is 2.74. The highest BCUT2D eigenvalue weighted by Gasteiger charge is 2.27. The monoisotopic (exact) mass is 250 g/mol. The van der Waals surface area contributed by atoms with Crippen molar-refractivity contribution in [2.24, 2.45) is 5.73 Å². The van der Waals surface area contributed by atoms with Crippen molar-refractivity contribution in [3.63, 3.8) is 0 Å². The molecule has 0 unspecified atom stereocenters. The summed E-state index contributed by atoms with van der Waals surface area (Å²) in [4.78, 5) is 2.09. The molecular weight excluding hydrogens is 227 g/mol. The van der Waals surface area contributed by atoms with Crippen LogP contribution in [0.15, 0.2) is 24.3 Å². The molecule has 0 spiro atoms. The van der Waals surface area contributed by atoms with Crippen molar-refractivity contribution in [1.29, 1.82) is 0 Å². The SMILES string of the molecule is CN(CCC1(N)CCCCC1)c1cccc(F)c1. The minimum absolute atomic E-state index is 0.000164. The lowest BCUT2D eigenvalue weighted by molar-refractivity contribution is 0.280. The first-order valence-corrected chi connectivity index (χ1v) is 6.85. The van der Waals surface area contributed by atoms with Gasteiger partial charge in [-0.2, -0.15) is 0 Å². The molecule has 3 heteroatoms. The van der Waals surface area contributed by atoms with Crippen molar-refractivity contribution in [2.75, 3.05) is 18.5 Å². The van der Waals surface area contributed by atoms with E-state index >= 15 is 0 Å². The Hall–Kier alpha value is -1.09. The van der Waals surface area contributed by atoms with Crippen LogP contribution in [0.5, 0.6) is 0 Å². The first-order chi connectivity index (χ1) is 8.59. The van der Waals surface area contributed by atoms with Crippen LogP contribution in [0.1, 0.15) is 38.5 Å². The summed E-state index contributed by atoms with van der Waals surface area (Å²) in [6.45, 7) is 0.889. The van der Waals surface area contributed by atoms with Gasteiger partial charge in [0.2, 0.25) is 0 Å². The van der Waals surface area contributed by atoms with Gasteiger partial charge in [-0.1, -0.05) is 25.3 Å². The predicted octanol–water partition coefficient (Wildman–Crippen LogP) is 3.31. The quantitative estimate of drug-likeness (QED) is 0.888. The maximum atomic E-state index is 13.1. The number of halogens is 1. The van der Waals surface area contributed by atoms with E-state index in [1.165, 1.54) is 25.3 Å². The van der Waals surface area contributed by atoms with Crippen LogP contribution in [0.2, 0.25) is 0 Å². The van der Waals surface area contributed by atoms with Gasteiger partial charge >= 0.3 is 0 Å². The Bertz CT molecular complexity index is 386. The van der Waals surface area contributed by atoms with Gasteiger partial charge in [0.05, 0.1) is 0 Å². The molecule has 0 aliphatic heterocycles. The number of nitrogens with zero attached hydrogens (tertiary/aromatic N) is 1. The Morgan fingerprint density at radius 2 is 2.00 bits per heavy atom. The van der Waals surface area contributed by atoms with Gasteiger partial charge in [-0.15, -0.1) is 0 Å². The van der Waals surface area contributed by atoms with Crippen molar-refractivity contribution < 1.29 is 4.39 Å². The van der Waals surface area contributed by atoms with Crippen LogP contribution in [0, 0.1) is 5.82 Å². The summed E-state index contributed by atoms with van der Waals surface area (Å²) in [7, 11) is 2.00. The molecule has 1 fully saturated rings. The fraction of sp³-hybridized carbons (Fsp3) is 0.600. The van der Waals surface area contributed by atoms with E-state index in [9.17, 15) is 4.39 Å². The van der Waals surface area contributed by atoms with Gasteiger partial charge in [-0.25, -0.2) is 4.39 Å². The second kappa shape index (κ2) is 5.70. The molecule has 1 aliphatic rings. The van der Waals surface area contributed by atoms with E-state index in [1.54, 1.807) is 12.1 Å². The highest BCUT2D eigenvalue weighted by atomic mass is 19.1. The van der Waals surface area contributed by atoms with Gasteiger partial charge in [0, 0.05) is 24.8 Å². The third-order valence-corrected chi connectivity index (χ3v) is 4.04. The molecule has 2 N–H and O–H groups in total. The summed E-state index contributed by atoms with van der Waals surface area (Å²) in [5.74, 6) is -0.181. The molecule has 1 saturated carbocycles. The van der Waals surface area contributed by atoms with Crippen LogP contribution >= 0.6 is 0 Å². The van der Waals surface area contributed by atoms with E-state index in [2.05, 4.69) is 4.90 Å². The fourth-order valence-corrected chi connectivity index (χ4v) is 2.74. The van der Waals surface area contributed by atoms with Gasteiger partial charge in [0.25, 0.3) is 0 Å². The van der Waals surface area contributed by atoms with E-state index < -0.39 is 0 Å². The van der Waals surface area contributed by atoms with E-state index in [1.807, 2.05) is 13.1 Å². The van der Waals surface area contributed by atoms with Crippen LogP contribution < -0.4 is 10.6 Å². The highest BCUT2D eigenvalue weighted by Crippen LogP contribution is 2.29. The molecule has 0 atom stereocenters. The van der Waals surface area contributed by atoms with Gasteiger partial charge in [0.15, 0.2) is 0 Å². The number of anilines is 1. The lowest BCUT2D eigenvalue weighted by Crippen LogP contribution is -2.44. The van der Waals surface area contributed by atoms with E-state index in [-0.39, 0.29) is 11.4 Å². The summed E-state index contributed by atoms with van der Waals surface area (Å²) < 4.78 is 13.1. The molecule has 0 heterocycles. The molecule has 0 bridgehead atoms. The van der Waals surface area contributed by atoms with Crippen LogP contribution in [0.4, 0.5) is 10.1 Å². The molecule has 0 saturated heterocycles. The minimum Gasteiger partial charge on any atom is -0.374 e. The van der Waals surface area contributed by atoms with Crippen molar-refractivity contribution in [3.05, 3.63) is 30.1 Å². The first-order valence-electron chi connectivity index (χ1n) is 6.85. The maximum absolute atomic E-state index is 13.1. The number of benzene rings is 1. The normalized spacial score (nSPS) is 18.6. The molecule has 2 nitrogen and oxygen atoms in total. The van der Waals surface area contributed by atoms with Crippen molar-refractivity contribution in [3.8, 4) is 0 Å². The maximum Gasteiger partial charge on any atom is 0.125 e. The van der Waals surface area contributed by atoms with Gasteiger partial charge in [0.1, 0.15) is 5.82 Å². The zero-order valence-electron chi connectivity index (χ0n) is 11.2. The molecule has 1 aromatic carbocycles. The minimum atomic E-state index is -0.181. The zero-order valence-corrected chi connectivity index (χ0v) is 11.2. The smallest absolute Gasteiger partial charge is 0.125 e. The molecule has 0 radical (unpaired) electrons. The summed E-state index contributed by atoms with van der Waals surface area (Å²) >= 11 is 0. The summed E-state index contributed by atoms with van der Waals surface area (Å²) in [6.07, 6.45) is 7.06. The van der Waals surface area contributed by atoms with Crippen molar-refractivity contribution >= 4 is 5.69 Å². The molecule has 1 aliphatic carbocycles. The molecule has 0 aromatic heterocycles. The van der Waals surface area contributed by atoms with Crippen molar-refractivity contribution in [2.45, 2.75) is 44.1 Å². The Kier molecular flexibility index (Phi) is 4.23. The van der Waals surface area contributed by atoms with Gasteiger partial charge in [-0.05, 0) is 37.5 Å². The molecule has 2 rings (SSSR count). The third kappa shape index (κ3) is 3.45. The average molecular weight is 250 g/mol. The lowest BCUT2D eigenvalue weighted by Gasteiger charge is -2.35. The van der Waals surface area contributed by atoms with Crippen LogP contribution in [-0.2, 0) is 0 Å². The van der Waals surface area contributed by atoms with Crippen LogP contribution in [0.3, 0.4) is 0 Å². The Balaban J connectivity index is 1.89. The molecular formula is C15H23FN2. The summed E-state index contributed by atoms with van der Waals surface area (Å²) in [5.41, 5.74) is 7.34. The number of rotatable bonds is 4. The van der Waals surface area contributed by atoms with Gasteiger partial charge < -0.3 is 10.6 Å². The Morgan fingerprint density at radius 3 is 2.67 bits per heavy atom. The first kappa shape index (κ1) is 13.3. The topological polar surface area (TPSA) is 29.3 Å². The summed E-state index contributed by atoms with van der Waals surface area (Å²) in [6, 6.07) is 6.74. The highest BCUT2D eigenvalue weighted by molar-refractivity contribution is 5.45. The predicted molar refractivity (Wildman–Crippen MR) is 74.3 cm³/mol. The molecule has 1 aromatic rings. The molecule has 100 valence electrons. The van der Waals surface area contributed by atoms with Crippen molar-refractivity contribution in [1.82, 2.24) is 0 Å². The van der Waals surface area contributed by atoms with Crippen LogP contribution in [-0.4, -0.2) is 19.1 Å². The van der Waals surface area contributed by atoms with E-state index in [4.69, 9.17) is 5.73 Å². The third-order valence-electron chi connectivity index (χ3n) is 4.04. The lowest BCUT2D eigenvalue weighted by atomic mass is 9.80. The molecule has 18 heavy (non-hydrogen) atoms. The van der Waals surface area contributed by atoms with E-state index in [0.717, 1.165) is 31.5 Å². The van der Waals surface area contributed by atoms with Crippen LogP contribution in [0.25, 0.3) is 0 Å². The Morgan fingerprint density at radius 1 is 1.28 bits per heavy atom. The largest absolute Gasteiger partial charge is 0.374 e. The Labute approximate surface area is 109 Å². The summed E-state index contributed by atoms with van der Waals surface area (Å²) in [5, 5.41) is 0. The second-order valence-corrected chi connectivity index (χ2v) is 5.57. The average Bonchev–Trinajstić information content (AvgIpc) is 2.37. The number of hydrogen-bond donors (Lipinski definition) is 1. The molecule has 0 amide bonds. The van der Waals surface area contributed by atoms with Gasteiger partial charge in [-0.3, -0.25) is 0 Å². The number of nitrogens with two attached hydrogens (primary N) is 1. The zero-order chi connectivity index (χ0) is 13.0. The van der Waals surface area contributed by atoms with E-state index in [0.29, 0.717) is 0 Å². The standard InChI is InChI=1S/C15H23FN2/c1-18(14-7-5-6-13(16)12-14)11-10-15(17)8-3-2-4-9-15/h5-7,12H,2-4,8-11,17H2,1H3. The second-order valence-electron chi connectivity index (χ2n) is 5.57. The number of hydrogen-bond acceptors (Lipinski definition) is 2.